The van der Waals surface area contributed by atoms with Crippen molar-refractivity contribution in [1.29, 1.82) is 0 Å². The third-order valence-electron chi connectivity index (χ3n) is 2.70. The summed E-state index contributed by atoms with van der Waals surface area (Å²) in [5.41, 5.74) is 4.06. The summed E-state index contributed by atoms with van der Waals surface area (Å²) in [5, 5.41) is 0. The topological polar surface area (TPSA) is 12.5 Å². The Morgan fingerprint density at radius 1 is 1.14 bits per heavy atom. The summed E-state index contributed by atoms with van der Waals surface area (Å²) in [5.74, 6) is 0. The van der Waals surface area contributed by atoms with Crippen molar-refractivity contribution in [2.24, 2.45) is 0 Å². The molecule has 1 aliphatic rings. The van der Waals surface area contributed by atoms with Gasteiger partial charge in [0.05, 0.1) is 13.2 Å². The van der Waals surface area contributed by atoms with Crippen LogP contribution in [-0.2, 0) is 4.74 Å². The second kappa shape index (κ2) is 4.01. The van der Waals surface area contributed by atoms with Crippen LogP contribution >= 0.6 is 0 Å². The zero-order valence-electron chi connectivity index (χ0n) is 8.92. The third kappa shape index (κ3) is 1.90. The van der Waals surface area contributed by atoms with Crippen LogP contribution in [0.1, 0.15) is 11.1 Å². The molecule has 0 N–H and O–H groups in total. The minimum absolute atomic E-state index is 0.854. The monoisotopic (exact) mass is 191 g/mol. The predicted octanol–water partition coefficient (Wildman–Crippen LogP) is 2.14. The lowest BCUT2D eigenvalue weighted by Gasteiger charge is -2.30. The fourth-order valence-corrected chi connectivity index (χ4v) is 1.96. The van der Waals surface area contributed by atoms with Crippen LogP contribution in [-0.4, -0.2) is 26.3 Å². The number of rotatable bonds is 1. The van der Waals surface area contributed by atoms with Gasteiger partial charge in [-0.15, -0.1) is 0 Å². The van der Waals surface area contributed by atoms with E-state index in [4.69, 9.17) is 4.74 Å². The first-order valence-electron chi connectivity index (χ1n) is 5.17. The highest BCUT2D eigenvalue weighted by Crippen LogP contribution is 2.21. The molecule has 0 atom stereocenters. The summed E-state index contributed by atoms with van der Waals surface area (Å²) in [6, 6.07) is 6.64. The lowest BCUT2D eigenvalue weighted by molar-refractivity contribution is 0.122. The average molecular weight is 191 g/mol. The van der Waals surface area contributed by atoms with Crippen LogP contribution < -0.4 is 4.90 Å². The van der Waals surface area contributed by atoms with Gasteiger partial charge in [-0.2, -0.15) is 0 Å². The average Bonchev–Trinajstić information content (AvgIpc) is 2.19. The van der Waals surface area contributed by atoms with E-state index >= 15 is 0 Å². The molecule has 0 aliphatic carbocycles. The van der Waals surface area contributed by atoms with Gasteiger partial charge in [-0.1, -0.05) is 17.7 Å². The molecule has 0 bridgehead atoms. The van der Waals surface area contributed by atoms with Crippen LogP contribution in [0.15, 0.2) is 18.2 Å². The molecule has 1 heterocycles. The van der Waals surface area contributed by atoms with Gasteiger partial charge in [0.1, 0.15) is 0 Å². The Morgan fingerprint density at radius 3 is 2.50 bits per heavy atom. The van der Waals surface area contributed by atoms with Gasteiger partial charge in [-0.05, 0) is 25.5 Å². The maximum absolute atomic E-state index is 5.34. The predicted molar refractivity (Wildman–Crippen MR) is 58.9 cm³/mol. The minimum atomic E-state index is 0.854. The first-order valence-corrected chi connectivity index (χ1v) is 5.17. The highest BCUT2D eigenvalue weighted by molar-refractivity contribution is 5.54. The van der Waals surface area contributed by atoms with Crippen molar-refractivity contribution in [2.75, 3.05) is 31.2 Å². The first-order chi connectivity index (χ1) is 6.77. The van der Waals surface area contributed by atoms with Crippen molar-refractivity contribution in [3.63, 3.8) is 0 Å². The molecule has 0 radical (unpaired) electrons. The molecule has 2 heteroatoms. The third-order valence-corrected chi connectivity index (χ3v) is 2.70. The molecule has 0 spiro atoms. The Labute approximate surface area is 85.5 Å². The maximum atomic E-state index is 5.34. The molecule has 1 fully saturated rings. The second-order valence-corrected chi connectivity index (χ2v) is 3.89. The van der Waals surface area contributed by atoms with Crippen LogP contribution in [0.2, 0.25) is 0 Å². The van der Waals surface area contributed by atoms with E-state index in [1.807, 2.05) is 0 Å². The molecule has 0 amide bonds. The summed E-state index contributed by atoms with van der Waals surface area (Å²) < 4.78 is 5.34. The molecule has 0 saturated carbocycles. The number of hydrogen-bond acceptors (Lipinski definition) is 2. The Kier molecular flexibility index (Phi) is 2.73. The van der Waals surface area contributed by atoms with Crippen molar-refractivity contribution >= 4 is 5.69 Å². The van der Waals surface area contributed by atoms with Gasteiger partial charge in [0.25, 0.3) is 0 Å². The van der Waals surface area contributed by atoms with E-state index in [0.717, 1.165) is 26.3 Å². The summed E-state index contributed by atoms with van der Waals surface area (Å²) >= 11 is 0. The number of aryl methyl sites for hydroxylation is 2. The molecule has 2 nitrogen and oxygen atoms in total. The molecule has 1 aromatic rings. The molecule has 1 saturated heterocycles. The van der Waals surface area contributed by atoms with E-state index in [0.29, 0.717) is 0 Å². The van der Waals surface area contributed by atoms with Crippen molar-refractivity contribution in [3.05, 3.63) is 29.3 Å². The summed E-state index contributed by atoms with van der Waals surface area (Å²) in [6.07, 6.45) is 0. The van der Waals surface area contributed by atoms with Crippen molar-refractivity contribution < 1.29 is 4.74 Å². The Bertz CT molecular complexity index is 316. The fraction of sp³-hybridized carbons (Fsp3) is 0.500. The van der Waals surface area contributed by atoms with Crippen LogP contribution in [0.5, 0.6) is 0 Å². The minimum Gasteiger partial charge on any atom is -0.378 e. The lowest BCUT2D eigenvalue weighted by atomic mass is 10.1. The van der Waals surface area contributed by atoms with Gasteiger partial charge in [0, 0.05) is 18.8 Å². The van der Waals surface area contributed by atoms with Gasteiger partial charge in [0.2, 0.25) is 0 Å². The van der Waals surface area contributed by atoms with Gasteiger partial charge in [0.15, 0.2) is 0 Å². The van der Waals surface area contributed by atoms with Gasteiger partial charge >= 0.3 is 0 Å². The number of hydrogen-bond donors (Lipinski definition) is 0. The highest BCUT2D eigenvalue weighted by atomic mass is 16.5. The second-order valence-electron chi connectivity index (χ2n) is 3.89. The van der Waals surface area contributed by atoms with Crippen LogP contribution in [0, 0.1) is 13.8 Å². The van der Waals surface area contributed by atoms with E-state index in [-0.39, 0.29) is 0 Å². The molecule has 1 aromatic carbocycles. The quantitative estimate of drug-likeness (QED) is 0.674. The molecule has 1 aliphatic heterocycles. The SMILES string of the molecule is Cc1ccc(N2CCOCC2)c(C)c1. The largest absolute Gasteiger partial charge is 0.378 e. The smallest absolute Gasteiger partial charge is 0.0642 e. The molecule has 2 rings (SSSR count). The number of benzene rings is 1. The number of anilines is 1. The summed E-state index contributed by atoms with van der Waals surface area (Å²) in [4.78, 5) is 2.40. The standard InChI is InChI=1S/C12H17NO/c1-10-3-4-12(11(2)9-10)13-5-7-14-8-6-13/h3-4,9H,5-8H2,1-2H3. The van der Waals surface area contributed by atoms with Gasteiger partial charge < -0.3 is 9.64 Å². The van der Waals surface area contributed by atoms with E-state index < -0.39 is 0 Å². The van der Waals surface area contributed by atoms with Crippen LogP contribution in [0.25, 0.3) is 0 Å². The number of morpholine rings is 1. The molecule has 0 unspecified atom stereocenters. The lowest BCUT2D eigenvalue weighted by Crippen LogP contribution is -2.36. The Balaban J connectivity index is 2.22. The Morgan fingerprint density at radius 2 is 1.86 bits per heavy atom. The molecular weight excluding hydrogens is 174 g/mol. The van der Waals surface area contributed by atoms with E-state index in [9.17, 15) is 0 Å². The van der Waals surface area contributed by atoms with Gasteiger partial charge in [-0.25, -0.2) is 0 Å². The molecule has 14 heavy (non-hydrogen) atoms. The van der Waals surface area contributed by atoms with E-state index in [1.54, 1.807) is 0 Å². The molecule has 0 aromatic heterocycles. The summed E-state index contributed by atoms with van der Waals surface area (Å²) in [6.45, 7) is 8.06. The maximum Gasteiger partial charge on any atom is 0.0642 e. The zero-order chi connectivity index (χ0) is 9.97. The zero-order valence-corrected chi connectivity index (χ0v) is 8.92. The van der Waals surface area contributed by atoms with Crippen molar-refractivity contribution in [1.82, 2.24) is 0 Å². The molecule has 76 valence electrons. The fourth-order valence-electron chi connectivity index (χ4n) is 1.96. The number of nitrogens with zero attached hydrogens (tertiary/aromatic N) is 1. The number of ether oxygens (including phenoxy) is 1. The molecular formula is C12H17NO. The van der Waals surface area contributed by atoms with Crippen LogP contribution in [0.3, 0.4) is 0 Å². The van der Waals surface area contributed by atoms with Crippen molar-refractivity contribution in [2.45, 2.75) is 13.8 Å². The Hall–Kier alpha value is -1.02. The van der Waals surface area contributed by atoms with Gasteiger partial charge in [-0.3, -0.25) is 0 Å². The van der Waals surface area contributed by atoms with E-state index in [2.05, 4.69) is 36.9 Å². The highest BCUT2D eigenvalue weighted by Gasteiger charge is 2.12. The summed E-state index contributed by atoms with van der Waals surface area (Å²) in [7, 11) is 0. The van der Waals surface area contributed by atoms with Crippen molar-refractivity contribution in [3.8, 4) is 0 Å². The van der Waals surface area contributed by atoms with E-state index in [1.165, 1.54) is 16.8 Å². The van der Waals surface area contributed by atoms with Crippen LogP contribution in [0.4, 0.5) is 5.69 Å². The first kappa shape index (κ1) is 9.53. The normalized spacial score (nSPS) is 17.1.